The molecule has 1 saturated carbocycles. The maximum Gasteiger partial charge on any atom is 0.315 e. The number of urea groups is 1. The van der Waals surface area contributed by atoms with E-state index in [9.17, 15) is 24.0 Å². The highest BCUT2D eigenvalue weighted by Gasteiger charge is 2.43. The van der Waals surface area contributed by atoms with Crippen molar-refractivity contribution in [2.45, 2.75) is 77.7 Å². The Bertz CT molecular complexity index is 730. The SMILES string of the molecule is CCNC(=O)NC(C(=O)N1CCCC1C(=O)NC(NC1CC1)C(=O)C(N)=O)C(C)(C)C. The van der Waals surface area contributed by atoms with Crippen molar-refractivity contribution in [2.75, 3.05) is 13.1 Å². The fourth-order valence-electron chi connectivity index (χ4n) is 3.51. The molecule has 2 aliphatic rings. The van der Waals surface area contributed by atoms with Crippen molar-refractivity contribution in [3.05, 3.63) is 0 Å². The van der Waals surface area contributed by atoms with Crippen LogP contribution in [-0.4, -0.2) is 71.8 Å². The van der Waals surface area contributed by atoms with Gasteiger partial charge in [-0.3, -0.25) is 24.5 Å². The van der Waals surface area contributed by atoms with E-state index in [1.807, 2.05) is 20.8 Å². The summed E-state index contributed by atoms with van der Waals surface area (Å²) in [6.45, 7) is 8.02. The Kier molecular flexibility index (Phi) is 7.99. The molecule has 31 heavy (non-hydrogen) atoms. The second kappa shape index (κ2) is 10.1. The van der Waals surface area contributed by atoms with Crippen LogP contribution in [0.5, 0.6) is 0 Å². The van der Waals surface area contributed by atoms with Gasteiger partial charge in [0.25, 0.3) is 11.7 Å². The molecule has 1 aliphatic carbocycles. The first-order chi connectivity index (χ1) is 14.5. The van der Waals surface area contributed by atoms with Crippen LogP contribution in [0.3, 0.4) is 0 Å². The Balaban J connectivity index is 2.13. The van der Waals surface area contributed by atoms with Crippen molar-refractivity contribution in [2.24, 2.45) is 11.1 Å². The van der Waals surface area contributed by atoms with Gasteiger partial charge >= 0.3 is 6.03 Å². The summed E-state index contributed by atoms with van der Waals surface area (Å²) in [4.78, 5) is 63.2. The van der Waals surface area contributed by atoms with Gasteiger partial charge in [0.1, 0.15) is 18.2 Å². The Morgan fingerprint density at radius 3 is 2.23 bits per heavy atom. The average Bonchev–Trinajstić information content (AvgIpc) is 3.35. The Morgan fingerprint density at radius 2 is 1.71 bits per heavy atom. The van der Waals surface area contributed by atoms with Crippen molar-refractivity contribution in [1.29, 1.82) is 0 Å². The van der Waals surface area contributed by atoms with Crippen molar-refractivity contribution < 1.29 is 24.0 Å². The minimum Gasteiger partial charge on any atom is -0.363 e. The number of carbonyl (C=O) groups is 5. The molecule has 174 valence electrons. The molecule has 2 rings (SSSR count). The van der Waals surface area contributed by atoms with Gasteiger partial charge in [0.15, 0.2) is 0 Å². The molecule has 6 N–H and O–H groups in total. The van der Waals surface area contributed by atoms with E-state index in [-0.39, 0.29) is 11.9 Å². The van der Waals surface area contributed by atoms with Crippen LogP contribution in [0, 0.1) is 5.41 Å². The quantitative estimate of drug-likeness (QED) is 0.228. The van der Waals surface area contributed by atoms with Gasteiger partial charge in [0.05, 0.1) is 0 Å². The summed E-state index contributed by atoms with van der Waals surface area (Å²) >= 11 is 0. The Labute approximate surface area is 182 Å². The molecule has 3 atom stereocenters. The van der Waals surface area contributed by atoms with E-state index in [2.05, 4.69) is 21.3 Å². The molecule has 5 amide bonds. The third kappa shape index (κ3) is 6.65. The van der Waals surface area contributed by atoms with Crippen molar-refractivity contribution in [3.8, 4) is 0 Å². The highest BCUT2D eigenvalue weighted by Crippen LogP contribution is 2.26. The molecule has 11 nitrogen and oxygen atoms in total. The summed E-state index contributed by atoms with van der Waals surface area (Å²) in [6.07, 6.45) is 1.47. The first kappa shape index (κ1) is 24.6. The molecule has 0 bridgehead atoms. The van der Waals surface area contributed by atoms with Crippen molar-refractivity contribution in [3.63, 3.8) is 0 Å². The van der Waals surface area contributed by atoms with Crippen LogP contribution in [0.2, 0.25) is 0 Å². The summed E-state index contributed by atoms with van der Waals surface area (Å²) in [7, 11) is 0. The molecule has 1 aliphatic heterocycles. The molecular weight excluding hydrogens is 404 g/mol. The number of likely N-dealkylation sites (tertiary alicyclic amines) is 1. The molecule has 3 unspecified atom stereocenters. The van der Waals surface area contributed by atoms with Crippen LogP contribution in [0.1, 0.15) is 53.4 Å². The van der Waals surface area contributed by atoms with E-state index in [4.69, 9.17) is 5.73 Å². The van der Waals surface area contributed by atoms with Crippen molar-refractivity contribution in [1.82, 2.24) is 26.2 Å². The largest absolute Gasteiger partial charge is 0.363 e. The second-order valence-corrected chi connectivity index (χ2v) is 9.10. The number of hydrogen-bond donors (Lipinski definition) is 5. The maximum absolute atomic E-state index is 13.3. The number of primary amides is 1. The number of nitrogens with zero attached hydrogens (tertiary/aromatic N) is 1. The molecule has 0 aromatic carbocycles. The molecule has 0 spiro atoms. The molecule has 0 radical (unpaired) electrons. The lowest BCUT2D eigenvalue weighted by Crippen LogP contribution is -2.61. The molecule has 0 aromatic rings. The third-order valence-corrected chi connectivity index (χ3v) is 5.34. The fraction of sp³-hybridized carbons (Fsp3) is 0.750. The van der Waals surface area contributed by atoms with Gasteiger partial charge in [-0.2, -0.15) is 0 Å². The average molecular weight is 439 g/mol. The van der Waals surface area contributed by atoms with Crippen LogP contribution >= 0.6 is 0 Å². The minimum atomic E-state index is -1.22. The Morgan fingerprint density at radius 1 is 1.06 bits per heavy atom. The van der Waals surface area contributed by atoms with Crippen LogP contribution in [-0.2, 0) is 19.2 Å². The number of amides is 5. The zero-order valence-corrected chi connectivity index (χ0v) is 18.6. The smallest absolute Gasteiger partial charge is 0.315 e. The summed E-state index contributed by atoms with van der Waals surface area (Å²) in [5.41, 5.74) is 4.51. The highest BCUT2D eigenvalue weighted by atomic mass is 16.2. The van der Waals surface area contributed by atoms with Crippen LogP contribution in [0.15, 0.2) is 0 Å². The number of nitrogens with two attached hydrogens (primary N) is 1. The normalized spacial score (nSPS) is 20.5. The zero-order chi connectivity index (χ0) is 23.3. The fourth-order valence-corrected chi connectivity index (χ4v) is 3.51. The van der Waals surface area contributed by atoms with Gasteiger partial charge in [0.2, 0.25) is 11.8 Å². The predicted octanol–water partition coefficient (Wildman–Crippen LogP) is -1.04. The standard InChI is InChI=1S/C20H34N6O5/c1-5-22-19(31)24-14(20(2,3)4)18(30)26-10-6-7-12(26)17(29)25-16(13(27)15(21)28)23-11-8-9-11/h11-12,14,16,23H,5-10H2,1-4H3,(H2,21,28)(H,25,29)(H2,22,24,31). The van der Waals surface area contributed by atoms with E-state index < -0.39 is 47.3 Å². The first-order valence-electron chi connectivity index (χ1n) is 10.7. The monoisotopic (exact) mass is 438 g/mol. The lowest BCUT2D eigenvalue weighted by Gasteiger charge is -2.35. The van der Waals surface area contributed by atoms with E-state index in [0.717, 1.165) is 12.8 Å². The van der Waals surface area contributed by atoms with Gasteiger partial charge < -0.3 is 26.6 Å². The van der Waals surface area contributed by atoms with Crippen molar-refractivity contribution >= 4 is 29.5 Å². The lowest BCUT2D eigenvalue weighted by molar-refractivity contribution is -0.143. The van der Waals surface area contributed by atoms with Crippen LogP contribution in [0.25, 0.3) is 0 Å². The van der Waals surface area contributed by atoms with Crippen LogP contribution < -0.4 is 27.0 Å². The first-order valence-corrected chi connectivity index (χ1v) is 10.7. The van der Waals surface area contributed by atoms with Gasteiger partial charge in [-0.05, 0) is 38.0 Å². The van der Waals surface area contributed by atoms with Crippen LogP contribution in [0.4, 0.5) is 4.79 Å². The Hall–Kier alpha value is -2.69. The van der Waals surface area contributed by atoms with E-state index >= 15 is 0 Å². The third-order valence-electron chi connectivity index (χ3n) is 5.34. The maximum atomic E-state index is 13.3. The summed E-state index contributed by atoms with van der Waals surface area (Å²) in [5.74, 6) is -2.98. The van der Waals surface area contributed by atoms with Gasteiger partial charge in [-0.25, -0.2) is 4.79 Å². The zero-order valence-electron chi connectivity index (χ0n) is 18.6. The second-order valence-electron chi connectivity index (χ2n) is 9.10. The molecule has 0 aromatic heterocycles. The topological polar surface area (TPSA) is 163 Å². The van der Waals surface area contributed by atoms with Gasteiger partial charge in [-0.1, -0.05) is 20.8 Å². The molecule has 1 heterocycles. The summed E-state index contributed by atoms with van der Waals surface area (Å²) in [5, 5.41) is 10.8. The minimum absolute atomic E-state index is 0.0430. The van der Waals surface area contributed by atoms with E-state index in [1.54, 1.807) is 6.92 Å². The molecule has 2 fully saturated rings. The summed E-state index contributed by atoms with van der Waals surface area (Å²) in [6, 6.07) is -2.07. The number of rotatable bonds is 9. The van der Waals surface area contributed by atoms with E-state index in [0.29, 0.717) is 25.9 Å². The van der Waals surface area contributed by atoms with Gasteiger partial charge in [-0.15, -0.1) is 0 Å². The lowest BCUT2D eigenvalue weighted by atomic mass is 9.85. The summed E-state index contributed by atoms with van der Waals surface area (Å²) < 4.78 is 0. The number of hydrogen-bond acceptors (Lipinski definition) is 6. The highest BCUT2D eigenvalue weighted by molar-refractivity contribution is 6.37. The number of Topliss-reactive ketones (excluding diaryl/α,β-unsaturated/α-hetero) is 1. The van der Waals surface area contributed by atoms with E-state index in [1.165, 1.54) is 4.90 Å². The number of ketones is 1. The number of carbonyl (C=O) groups excluding carboxylic acids is 5. The van der Waals surface area contributed by atoms with Gasteiger partial charge in [0, 0.05) is 19.1 Å². The number of nitrogens with one attached hydrogen (secondary N) is 4. The molecule has 1 saturated heterocycles. The predicted molar refractivity (Wildman–Crippen MR) is 112 cm³/mol. The molecular formula is C20H34N6O5. The molecule has 11 heteroatoms.